The molecule has 7 heteroatoms. The zero-order chi connectivity index (χ0) is 17.5. The number of nitrogens with zero attached hydrogens (tertiary/aromatic N) is 3. The molecule has 3 rings (SSSR count). The maximum atomic E-state index is 12.1. The quantitative estimate of drug-likeness (QED) is 0.839. The van der Waals surface area contributed by atoms with Gasteiger partial charge in [-0.2, -0.15) is 5.10 Å². The lowest BCUT2D eigenvalue weighted by molar-refractivity contribution is 0.0350. The Morgan fingerprint density at radius 3 is 2.72 bits per heavy atom. The highest BCUT2D eigenvalue weighted by molar-refractivity contribution is 5.89. The lowest BCUT2D eigenvalue weighted by atomic mass is 10.2. The Morgan fingerprint density at radius 1 is 1.28 bits per heavy atom. The minimum atomic E-state index is -0.180. The van der Waals surface area contributed by atoms with Crippen molar-refractivity contribution in [3.8, 4) is 0 Å². The van der Waals surface area contributed by atoms with Gasteiger partial charge in [-0.05, 0) is 30.7 Å². The summed E-state index contributed by atoms with van der Waals surface area (Å²) in [5.74, 6) is 0. The molecule has 25 heavy (non-hydrogen) atoms. The van der Waals surface area contributed by atoms with Crippen LogP contribution >= 0.6 is 0 Å². The summed E-state index contributed by atoms with van der Waals surface area (Å²) >= 11 is 0. The Hall–Kier alpha value is -2.38. The first-order valence-corrected chi connectivity index (χ1v) is 8.63. The van der Waals surface area contributed by atoms with Crippen molar-refractivity contribution in [3.63, 3.8) is 0 Å². The number of rotatable bonds is 6. The van der Waals surface area contributed by atoms with E-state index in [1.54, 1.807) is 6.20 Å². The van der Waals surface area contributed by atoms with E-state index in [0.717, 1.165) is 50.6 Å². The van der Waals surface area contributed by atoms with Crippen molar-refractivity contribution >= 4 is 11.7 Å². The lowest BCUT2D eigenvalue weighted by Crippen LogP contribution is -2.47. The number of carbonyl (C=O) groups excluding carboxylic acids is 1. The summed E-state index contributed by atoms with van der Waals surface area (Å²) in [6.07, 6.45) is 3.69. The van der Waals surface area contributed by atoms with Gasteiger partial charge < -0.3 is 15.4 Å². The van der Waals surface area contributed by atoms with E-state index in [2.05, 4.69) is 20.6 Å². The third kappa shape index (κ3) is 5.58. The number of aromatic nitrogens is 2. The summed E-state index contributed by atoms with van der Waals surface area (Å²) in [6.45, 7) is 6.95. The van der Waals surface area contributed by atoms with Gasteiger partial charge in [0.05, 0.1) is 19.8 Å². The largest absolute Gasteiger partial charge is 0.379 e. The highest BCUT2D eigenvalue weighted by Gasteiger charge is 2.15. The minimum absolute atomic E-state index is 0.0807. The second-order valence-corrected chi connectivity index (χ2v) is 6.31. The van der Waals surface area contributed by atoms with E-state index in [0.29, 0.717) is 0 Å². The molecular weight excluding hydrogens is 318 g/mol. The number of anilines is 1. The summed E-state index contributed by atoms with van der Waals surface area (Å²) in [5.41, 5.74) is 1.91. The topological polar surface area (TPSA) is 71.4 Å². The molecule has 0 aliphatic carbocycles. The molecule has 1 unspecified atom stereocenters. The number of ether oxygens (including phenoxy) is 1. The second kappa shape index (κ2) is 8.64. The summed E-state index contributed by atoms with van der Waals surface area (Å²) in [6, 6.07) is 9.61. The van der Waals surface area contributed by atoms with E-state index >= 15 is 0 Å². The Kier molecular flexibility index (Phi) is 6.03. The van der Waals surface area contributed by atoms with Crippen LogP contribution in [0.15, 0.2) is 42.7 Å². The molecule has 1 aliphatic heterocycles. The van der Waals surface area contributed by atoms with Crippen LogP contribution in [0, 0.1) is 0 Å². The van der Waals surface area contributed by atoms with Gasteiger partial charge in [0, 0.05) is 43.8 Å². The van der Waals surface area contributed by atoms with Crippen molar-refractivity contribution in [3.05, 3.63) is 48.3 Å². The zero-order valence-electron chi connectivity index (χ0n) is 14.5. The summed E-state index contributed by atoms with van der Waals surface area (Å²) < 4.78 is 7.20. The van der Waals surface area contributed by atoms with Gasteiger partial charge in [-0.3, -0.25) is 9.58 Å². The minimum Gasteiger partial charge on any atom is -0.379 e. The van der Waals surface area contributed by atoms with E-state index in [1.165, 1.54) is 0 Å². The van der Waals surface area contributed by atoms with Crippen molar-refractivity contribution in [1.82, 2.24) is 20.0 Å². The zero-order valence-corrected chi connectivity index (χ0v) is 14.5. The van der Waals surface area contributed by atoms with Crippen molar-refractivity contribution in [2.75, 3.05) is 38.2 Å². The number of benzene rings is 1. The molecule has 1 aliphatic rings. The number of hydrogen-bond acceptors (Lipinski definition) is 4. The predicted octanol–water partition coefficient (Wildman–Crippen LogP) is 1.77. The van der Waals surface area contributed by atoms with Crippen LogP contribution in [-0.4, -0.2) is 59.6 Å². The molecule has 0 spiro atoms. The van der Waals surface area contributed by atoms with Gasteiger partial charge in [-0.25, -0.2) is 4.79 Å². The fourth-order valence-corrected chi connectivity index (χ4v) is 2.88. The SMILES string of the molecule is CC(CN1CCOCC1)NC(=O)Nc1ccc(Cn2cccn2)cc1. The molecule has 0 radical (unpaired) electrons. The van der Waals surface area contributed by atoms with Crippen LogP contribution < -0.4 is 10.6 Å². The molecule has 2 N–H and O–H groups in total. The first-order chi connectivity index (χ1) is 12.2. The molecule has 1 aromatic carbocycles. The molecule has 0 bridgehead atoms. The van der Waals surface area contributed by atoms with Gasteiger partial charge in [-0.1, -0.05) is 12.1 Å². The van der Waals surface area contributed by atoms with Gasteiger partial charge in [-0.15, -0.1) is 0 Å². The van der Waals surface area contributed by atoms with Crippen LogP contribution in [0.2, 0.25) is 0 Å². The molecule has 1 fully saturated rings. The molecule has 2 amide bonds. The van der Waals surface area contributed by atoms with Crippen LogP contribution in [0.3, 0.4) is 0 Å². The van der Waals surface area contributed by atoms with Crippen molar-refractivity contribution in [2.45, 2.75) is 19.5 Å². The van der Waals surface area contributed by atoms with Crippen molar-refractivity contribution < 1.29 is 9.53 Å². The number of hydrogen-bond donors (Lipinski definition) is 2. The average molecular weight is 343 g/mol. The summed E-state index contributed by atoms with van der Waals surface area (Å²) in [4.78, 5) is 14.4. The number of nitrogens with one attached hydrogen (secondary N) is 2. The number of urea groups is 1. The van der Waals surface area contributed by atoms with E-state index in [4.69, 9.17) is 4.74 Å². The van der Waals surface area contributed by atoms with Crippen LogP contribution in [0.4, 0.5) is 10.5 Å². The van der Waals surface area contributed by atoms with Crippen LogP contribution in [-0.2, 0) is 11.3 Å². The number of morpholine rings is 1. The van der Waals surface area contributed by atoms with Crippen LogP contribution in [0.5, 0.6) is 0 Å². The number of amides is 2. The fourth-order valence-electron chi connectivity index (χ4n) is 2.88. The smallest absolute Gasteiger partial charge is 0.319 e. The maximum absolute atomic E-state index is 12.1. The summed E-state index contributed by atoms with van der Waals surface area (Å²) in [5, 5.41) is 10.0. The molecular formula is C18H25N5O2. The lowest BCUT2D eigenvalue weighted by Gasteiger charge is -2.29. The summed E-state index contributed by atoms with van der Waals surface area (Å²) in [7, 11) is 0. The van der Waals surface area contributed by atoms with E-state index in [-0.39, 0.29) is 12.1 Å². The van der Waals surface area contributed by atoms with Crippen molar-refractivity contribution in [1.29, 1.82) is 0 Å². The van der Waals surface area contributed by atoms with Gasteiger partial charge >= 0.3 is 6.03 Å². The molecule has 1 aromatic heterocycles. The van der Waals surface area contributed by atoms with Gasteiger partial charge in [0.15, 0.2) is 0 Å². The maximum Gasteiger partial charge on any atom is 0.319 e. The third-order valence-electron chi connectivity index (χ3n) is 4.13. The molecule has 2 aromatic rings. The third-order valence-corrected chi connectivity index (χ3v) is 4.13. The average Bonchev–Trinajstić information content (AvgIpc) is 3.10. The van der Waals surface area contributed by atoms with Crippen LogP contribution in [0.25, 0.3) is 0 Å². The molecule has 1 atom stereocenters. The standard InChI is InChI=1S/C18H25N5O2/c1-15(13-22-9-11-25-12-10-22)20-18(24)21-17-5-3-16(4-6-17)14-23-8-2-7-19-23/h2-8,15H,9-14H2,1H3,(H2,20,21,24). The van der Waals surface area contributed by atoms with Gasteiger partial charge in [0.2, 0.25) is 0 Å². The Morgan fingerprint density at radius 2 is 2.04 bits per heavy atom. The van der Waals surface area contributed by atoms with E-state index < -0.39 is 0 Å². The first-order valence-electron chi connectivity index (χ1n) is 8.63. The highest BCUT2D eigenvalue weighted by atomic mass is 16.5. The molecule has 2 heterocycles. The number of carbonyl (C=O) groups is 1. The molecule has 134 valence electrons. The first kappa shape index (κ1) is 17.4. The molecule has 7 nitrogen and oxygen atoms in total. The Balaban J connectivity index is 1.44. The Labute approximate surface area is 148 Å². The van der Waals surface area contributed by atoms with E-state index in [9.17, 15) is 4.79 Å². The molecule has 0 saturated carbocycles. The van der Waals surface area contributed by atoms with Crippen molar-refractivity contribution in [2.24, 2.45) is 0 Å². The van der Waals surface area contributed by atoms with Gasteiger partial charge in [0.1, 0.15) is 0 Å². The molecule has 1 saturated heterocycles. The van der Waals surface area contributed by atoms with Gasteiger partial charge in [0.25, 0.3) is 0 Å². The monoisotopic (exact) mass is 343 g/mol. The van der Waals surface area contributed by atoms with E-state index in [1.807, 2.05) is 48.1 Å². The normalized spacial score (nSPS) is 16.4. The second-order valence-electron chi connectivity index (χ2n) is 6.31. The Bertz CT molecular complexity index is 651. The highest BCUT2D eigenvalue weighted by Crippen LogP contribution is 2.10. The predicted molar refractivity (Wildman–Crippen MR) is 96.6 cm³/mol. The van der Waals surface area contributed by atoms with Crippen LogP contribution in [0.1, 0.15) is 12.5 Å². The fraction of sp³-hybridized carbons (Fsp3) is 0.444.